The summed E-state index contributed by atoms with van der Waals surface area (Å²) in [5, 5.41) is 17.5. The van der Waals surface area contributed by atoms with Gasteiger partial charge in [-0.1, -0.05) is 13.8 Å². The van der Waals surface area contributed by atoms with Crippen LogP contribution in [-0.2, 0) is 4.79 Å². The van der Waals surface area contributed by atoms with Crippen LogP contribution in [0.1, 0.15) is 43.6 Å². The van der Waals surface area contributed by atoms with E-state index in [4.69, 9.17) is 5.11 Å². The molecular weight excluding hydrogens is 364 g/mol. The fourth-order valence-corrected chi connectivity index (χ4v) is 3.79. The second-order valence-electron chi connectivity index (χ2n) is 7.16. The van der Waals surface area contributed by atoms with Gasteiger partial charge in [-0.2, -0.15) is 5.10 Å². The van der Waals surface area contributed by atoms with Crippen molar-refractivity contribution in [3.8, 4) is 5.69 Å². The van der Waals surface area contributed by atoms with Crippen molar-refractivity contribution >= 4 is 27.8 Å². The summed E-state index contributed by atoms with van der Waals surface area (Å²) in [4.78, 5) is 11.2. The van der Waals surface area contributed by atoms with Gasteiger partial charge in [-0.25, -0.2) is 8.78 Å². The van der Waals surface area contributed by atoms with Crippen LogP contribution in [0.4, 0.5) is 8.78 Å². The van der Waals surface area contributed by atoms with E-state index in [1.807, 2.05) is 24.5 Å². The molecule has 4 aromatic rings. The maximum atomic E-state index is 15.2. The normalized spacial score (nSPS) is 12.9. The van der Waals surface area contributed by atoms with Crippen molar-refractivity contribution in [1.29, 1.82) is 0 Å². The van der Waals surface area contributed by atoms with Crippen LogP contribution in [0, 0.1) is 5.82 Å². The van der Waals surface area contributed by atoms with Gasteiger partial charge in [-0.3, -0.25) is 9.89 Å². The first-order valence-corrected chi connectivity index (χ1v) is 9.00. The summed E-state index contributed by atoms with van der Waals surface area (Å²) in [7, 11) is 0. The molecule has 7 heteroatoms. The third kappa shape index (κ3) is 2.93. The monoisotopic (exact) mass is 383 g/mol. The van der Waals surface area contributed by atoms with Crippen molar-refractivity contribution < 1.29 is 18.7 Å². The molecule has 0 fully saturated rings. The molecule has 5 nitrogen and oxygen atoms in total. The Kier molecular flexibility index (Phi) is 4.37. The quantitative estimate of drug-likeness (QED) is 0.494. The molecule has 0 amide bonds. The highest BCUT2D eigenvalue weighted by Gasteiger charge is 2.28. The Balaban J connectivity index is 2.11. The topological polar surface area (TPSA) is 70.9 Å². The number of H-pyrrole nitrogens is 1. The second kappa shape index (κ2) is 6.74. The summed E-state index contributed by atoms with van der Waals surface area (Å²) in [5.41, 5.74) is 3.19. The van der Waals surface area contributed by atoms with E-state index in [9.17, 15) is 9.18 Å². The highest BCUT2D eigenvalue weighted by atomic mass is 19.1. The van der Waals surface area contributed by atoms with Crippen LogP contribution < -0.4 is 0 Å². The van der Waals surface area contributed by atoms with E-state index >= 15 is 4.39 Å². The van der Waals surface area contributed by atoms with E-state index in [0.717, 1.165) is 16.4 Å². The third-order valence-electron chi connectivity index (χ3n) is 4.90. The van der Waals surface area contributed by atoms with Gasteiger partial charge in [-0.05, 0) is 42.3 Å². The smallest absolute Gasteiger partial charge is 0.306 e. The molecule has 2 N–H and O–H groups in total. The lowest BCUT2D eigenvalue weighted by Gasteiger charge is -2.17. The zero-order valence-electron chi connectivity index (χ0n) is 15.4. The number of rotatable bonds is 5. The van der Waals surface area contributed by atoms with Gasteiger partial charge in [0.15, 0.2) is 0 Å². The summed E-state index contributed by atoms with van der Waals surface area (Å²) in [5.74, 6) is -1.65. The maximum absolute atomic E-state index is 15.2. The molecule has 0 aliphatic heterocycles. The van der Waals surface area contributed by atoms with Gasteiger partial charge in [0.2, 0.25) is 0 Å². The first kappa shape index (κ1) is 18.2. The molecule has 0 spiro atoms. The van der Waals surface area contributed by atoms with Crippen molar-refractivity contribution in [1.82, 2.24) is 14.8 Å². The number of carboxylic acids is 1. The van der Waals surface area contributed by atoms with Gasteiger partial charge < -0.3 is 9.67 Å². The van der Waals surface area contributed by atoms with E-state index in [2.05, 4.69) is 10.2 Å². The summed E-state index contributed by atoms with van der Waals surface area (Å²) >= 11 is 0. The molecule has 0 saturated carbocycles. The van der Waals surface area contributed by atoms with Crippen LogP contribution in [0.5, 0.6) is 0 Å². The molecule has 0 unspecified atom stereocenters. The largest absolute Gasteiger partial charge is 0.481 e. The van der Waals surface area contributed by atoms with E-state index in [1.54, 1.807) is 24.4 Å². The van der Waals surface area contributed by atoms with E-state index in [-0.39, 0.29) is 11.7 Å². The first-order chi connectivity index (χ1) is 13.4. The first-order valence-electron chi connectivity index (χ1n) is 9.00. The number of nitrogens with zero attached hydrogens (tertiary/aromatic N) is 2. The Morgan fingerprint density at radius 2 is 1.96 bits per heavy atom. The summed E-state index contributed by atoms with van der Waals surface area (Å²) < 4.78 is 30.5. The predicted octanol–water partition coefficient (Wildman–Crippen LogP) is 5.25. The average molecular weight is 383 g/mol. The predicted molar refractivity (Wildman–Crippen MR) is 103 cm³/mol. The Bertz CT molecular complexity index is 1180. The van der Waals surface area contributed by atoms with Crippen molar-refractivity contribution in [3.63, 3.8) is 0 Å². The van der Waals surface area contributed by atoms with Gasteiger partial charge in [0.05, 0.1) is 23.7 Å². The minimum atomic E-state index is -1.67. The number of carboxylic acid groups (broad SMARTS) is 1. The molecule has 0 aliphatic carbocycles. The van der Waals surface area contributed by atoms with Gasteiger partial charge in [0, 0.05) is 27.7 Å². The minimum Gasteiger partial charge on any atom is -0.481 e. The number of benzene rings is 2. The van der Waals surface area contributed by atoms with Crippen LogP contribution in [0.3, 0.4) is 0 Å². The molecule has 1 atom stereocenters. The van der Waals surface area contributed by atoms with Crippen molar-refractivity contribution in [2.75, 3.05) is 0 Å². The molecule has 4 rings (SSSR count). The van der Waals surface area contributed by atoms with Crippen molar-refractivity contribution in [2.24, 2.45) is 0 Å². The molecular formula is C21H19F2N3O2. The number of aliphatic carboxylic acids is 1. The lowest BCUT2D eigenvalue weighted by atomic mass is 9.97. The molecule has 0 bridgehead atoms. The number of nitrogens with one attached hydrogen (secondary N) is 1. The molecule has 2 aromatic carbocycles. The zero-order chi connectivity index (χ0) is 20.0. The van der Waals surface area contributed by atoms with Crippen LogP contribution in [-0.4, -0.2) is 25.8 Å². The van der Waals surface area contributed by atoms with Gasteiger partial charge in [0.1, 0.15) is 12.0 Å². The Labute approximate surface area is 159 Å². The maximum Gasteiger partial charge on any atom is 0.306 e. The Morgan fingerprint density at radius 1 is 1.25 bits per heavy atom. The summed E-state index contributed by atoms with van der Waals surface area (Å²) in [6.07, 6.45) is -0.613. The highest BCUT2D eigenvalue weighted by molar-refractivity contribution is 5.99. The molecule has 0 saturated heterocycles. The minimum absolute atomic E-state index is 0.0871. The standard InChI is InChI=1S/C21H19F2N3O2/c1-11(2)21-20(16(23)9-19(27)28)15-8-17-12(10-24-25-17)7-18(15)26(21)14-5-3-13(22)4-6-14/h3-8,10-11,16H,9H2,1-2H3,(H,24,25)(H,27,28)/t16-/m1/s1. The number of alkyl halides is 1. The van der Waals surface area contributed by atoms with E-state index in [1.165, 1.54) is 12.1 Å². The van der Waals surface area contributed by atoms with Gasteiger partial charge in [0.25, 0.3) is 0 Å². The lowest BCUT2D eigenvalue weighted by Crippen LogP contribution is -2.08. The molecule has 28 heavy (non-hydrogen) atoms. The molecule has 2 heterocycles. The molecule has 0 radical (unpaired) electrons. The van der Waals surface area contributed by atoms with Crippen LogP contribution in [0.15, 0.2) is 42.6 Å². The number of hydrogen-bond donors (Lipinski definition) is 2. The number of aromatic nitrogens is 3. The number of fused-ring (bicyclic) bond motifs is 2. The Hall–Kier alpha value is -3.22. The van der Waals surface area contributed by atoms with Gasteiger partial charge in [-0.15, -0.1) is 0 Å². The lowest BCUT2D eigenvalue weighted by molar-refractivity contribution is -0.138. The molecule has 2 aromatic heterocycles. The SMILES string of the molecule is CC(C)c1c([C@H](F)CC(=O)O)c2cc3[nH]ncc3cc2n1-c1ccc(F)cc1. The molecule has 0 aliphatic rings. The van der Waals surface area contributed by atoms with Gasteiger partial charge >= 0.3 is 5.97 Å². The summed E-state index contributed by atoms with van der Waals surface area (Å²) in [6, 6.07) is 9.66. The van der Waals surface area contributed by atoms with E-state index < -0.39 is 18.6 Å². The van der Waals surface area contributed by atoms with Crippen LogP contribution in [0.25, 0.3) is 27.5 Å². The zero-order valence-corrected chi connectivity index (χ0v) is 15.4. The van der Waals surface area contributed by atoms with Crippen LogP contribution >= 0.6 is 0 Å². The van der Waals surface area contributed by atoms with Crippen molar-refractivity contribution in [3.05, 3.63) is 59.7 Å². The average Bonchev–Trinajstić information content (AvgIpc) is 3.21. The van der Waals surface area contributed by atoms with Crippen molar-refractivity contribution in [2.45, 2.75) is 32.4 Å². The fourth-order valence-electron chi connectivity index (χ4n) is 3.79. The third-order valence-corrected chi connectivity index (χ3v) is 4.90. The highest BCUT2D eigenvalue weighted by Crippen LogP contribution is 2.41. The second-order valence-corrected chi connectivity index (χ2v) is 7.16. The Morgan fingerprint density at radius 3 is 2.61 bits per heavy atom. The number of halogens is 2. The number of aromatic amines is 1. The molecule has 144 valence electrons. The number of hydrogen-bond acceptors (Lipinski definition) is 2. The van der Waals surface area contributed by atoms with E-state index in [0.29, 0.717) is 22.3 Å². The summed E-state index contributed by atoms with van der Waals surface area (Å²) in [6.45, 7) is 3.86. The van der Waals surface area contributed by atoms with Crippen LogP contribution in [0.2, 0.25) is 0 Å². The number of carbonyl (C=O) groups is 1. The fraction of sp³-hybridized carbons (Fsp3) is 0.238.